The van der Waals surface area contributed by atoms with Crippen LogP contribution in [0.1, 0.15) is 10.4 Å². The van der Waals surface area contributed by atoms with Crippen molar-refractivity contribution in [3.8, 4) is 11.3 Å². The summed E-state index contributed by atoms with van der Waals surface area (Å²) in [6, 6.07) is 20.5. The minimum Gasteiger partial charge on any atom is -0.367 e. The number of nitrogens with one attached hydrogen (secondary N) is 4. The van der Waals surface area contributed by atoms with Crippen molar-refractivity contribution in [1.29, 1.82) is 0 Å². The summed E-state index contributed by atoms with van der Waals surface area (Å²) >= 11 is 6.49. The predicted molar refractivity (Wildman–Crippen MR) is 177 cm³/mol. The van der Waals surface area contributed by atoms with Gasteiger partial charge in [0.15, 0.2) is 0 Å². The van der Waals surface area contributed by atoms with E-state index in [2.05, 4.69) is 54.3 Å². The molecular weight excluding hydrogens is 576 g/mol. The number of rotatable bonds is 8. The molecular formula is C33H31ClN8O2. The Kier molecular flexibility index (Phi) is 8.27. The molecule has 0 spiro atoms. The smallest absolute Gasteiger partial charge is 0.255 e. The largest absolute Gasteiger partial charge is 0.367 e. The zero-order valence-electron chi connectivity index (χ0n) is 24.1. The number of anilines is 5. The number of halogens is 1. The highest BCUT2D eigenvalue weighted by Gasteiger charge is 2.20. The Morgan fingerprint density at radius 3 is 2.59 bits per heavy atom. The summed E-state index contributed by atoms with van der Waals surface area (Å²) in [6.07, 6.45) is 4.66. The van der Waals surface area contributed by atoms with Gasteiger partial charge < -0.3 is 30.7 Å². The highest BCUT2D eigenvalue weighted by Crippen LogP contribution is 2.33. The number of likely N-dealkylation sites (N-methyl/N-ethyl adjacent to an activating group) is 1. The van der Waals surface area contributed by atoms with Gasteiger partial charge in [0.1, 0.15) is 0 Å². The number of hydrogen-bond donors (Lipinski definition) is 4. The molecule has 1 fully saturated rings. The lowest BCUT2D eigenvalue weighted by atomic mass is 10.1. The fourth-order valence-corrected chi connectivity index (χ4v) is 5.37. The number of benzene rings is 3. The Hall–Kier alpha value is -5.19. The maximum Gasteiger partial charge on any atom is 0.255 e. The van der Waals surface area contributed by atoms with E-state index in [0.29, 0.717) is 39.3 Å². The van der Waals surface area contributed by atoms with E-state index in [1.165, 1.54) is 6.08 Å². The van der Waals surface area contributed by atoms with Crippen molar-refractivity contribution in [3.05, 3.63) is 102 Å². The van der Waals surface area contributed by atoms with E-state index in [-0.39, 0.29) is 11.8 Å². The van der Waals surface area contributed by atoms with Crippen LogP contribution in [-0.2, 0) is 4.79 Å². The SMILES string of the molecule is C=CC(=O)Nc1cc(C(=O)Nc2cccc(Nc3ncc(Cl)c(-c4c[nH]c5ccccc45)n3)c2)ccc1N1CCN(C)CC1. The third-order valence-corrected chi connectivity index (χ3v) is 7.79. The van der Waals surface area contributed by atoms with Crippen molar-refractivity contribution in [2.24, 2.45) is 0 Å². The molecule has 0 bridgehead atoms. The molecule has 11 heteroatoms. The highest BCUT2D eigenvalue weighted by molar-refractivity contribution is 6.33. The van der Waals surface area contributed by atoms with E-state index >= 15 is 0 Å². The number of H-pyrrole nitrogens is 1. The maximum absolute atomic E-state index is 13.3. The summed E-state index contributed by atoms with van der Waals surface area (Å²) in [7, 11) is 2.08. The molecule has 0 atom stereocenters. The second kappa shape index (κ2) is 12.6. The molecule has 5 aromatic rings. The summed E-state index contributed by atoms with van der Waals surface area (Å²) in [4.78, 5) is 42.3. The lowest BCUT2D eigenvalue weighted by Crippen LogP contribution is -2.44. The quantitative estimate of drug-likeness (QED) is 0.156. The number of hydrogen-bond acceptors (Lipinski definition) is 7. The summed E-state index contributed by atoms with van der Waals surface area (Å²) in [5.74, 6) is -0.292. The third-order valence-electron chi connectivity index (χ3n) is 7.51. The zero-order valence-corrected chi connectivity index (χ0v) is 24.9. The van der Waals surface area contributed by atoms with E-state index in [1.54, 1.807) is 30.5 Å². The minimum atomic E-state index is -0.339. The van der Waals surface area contributed by atoms with Gasteiger partial charge in [-0.25, -0.2) is 9.97 Å². The molecule has 6 rings (SSSR count). The van der Waals surface area contributed by atoms with Crippen LogP contribution in [0.5, 0.6) is 0 Å². The van der Waals surface area contributed by atoms with Crippen molar-refractivity contribution < 1.29 is 9.59 Å². The van der Waals surface area contributed by atoms with Gasteiger partial charge in [0, 0.05) is 65.8 Å². The van der Waals surface area contributed by atoms with Gasteiger partial charge in [0.05, 0.1) is 28.3 Å². The van der Waals surface area contributed by atoms with Gasteiger partial charge >= 0.3 is 0 Å². The molecule has 4 N–H and O–H groups in total. The number of para-hydroxylation sites is 1. The number of carbonyl (C=O) groups excluding carboxylic acids is 2. The van der Waals surface area contributed by atoms with Crippen LogP contribution in [0, 0.1) is 0 Å². The molecule has 2 amide bonds. The Balaban J connectivity index is 1.20. The molecule has 1 aliphatic rings. The fraction of sp³-hybridized carbons (Fsp3) is 0.152. The lowest BCUT2D eigenvalue weighted by Gasteiger charge is -2.35. The Morgan fingerprint density at radius 1 is 0.977 bits per heavy atom. The highest BCUT2D eigenvalue weighted by atomic mass is 35.5. The van der Waals surface area contributed by atoms with E-state index in [0.717, 1.165) is 48.3 Å². The molecule has 0 unspecified atom stereocenters. The van der Waals surface area contributed by atoms with Gasteiger partial charge in [0.2, 0.25) is 11.9 Å². The van der Waals surface area contributed by atoms with Crippen molar-refractivity contribution in [3.63, 3.8) is 0 Å². The number of aromatic amines is 1. The van der Waals surface area contributed by atoms with Gasteiger partial charge in [-0.1, -0.05) is 42.4 Å². The Bertz CT molecular complexity index is 1860. The first-order valence-corrected chi connectivity index (χ1v) is 14.5. The summed E-state index contributed by atoms with van der Waals surface area (Å²) < 4.78 is 0. The summed E-state index contributed by atoms with van der Waals surface area (Å²) in [5.41, 5.74) is 5.55. The van der Waals surface area contributed by atoms with Crippen molar-refractivity contribution in [2.75, 3.05) is 54.1 Å². The second-order valence-corrected chi connectivity index (χ2v) is 10.9. The maximum atomic E-state index is 13.3. The van der Waals surface area contributed by atoms with E-state index in [1.807, 2.05) is 48.7 Å². The normalized spacial score (nSPS) is 13.5. The first-order valence-electron chi connectivity index (χ1n) is 14.2. The standard InChI is InChI=1S/C33H31ClN8O2/c1-3-30(43)39-28-17-21(11-12-29(28)42-15-13-41(2)14-16-42)32(44)37-22-7-6-8-23(18-22)38-33-36-20-26(34)31(40-33)25-19-35-27-10-5-4-9-24(25)27/h3-12,17-20,35H,1,13-16H2,2H3,(H,37,44)(H,39,43)(H,36,38,40). The first-order chi connectivity index (χ1) is 21.4. The predicted octanol–water partition coefficient (Wildman–Crippen LogP) is 6.15. The van der Waals surface area contributed by atoms with Crippen molar-refractivity contribution >= 4 is 63.0 Å². The molecule has 2 aromatic heterocycles. The van der Waals surface area contributed by atoms with Gasteiger partial charge in [0.25, 0.3) is 5.91 Å². The second-order valence-electron chi connectivity index (χ2n) is 10.5. The topological polar surface area (TPSA) is 118 Å². The van der Waals surface area contributed by atoms with Crippen LogP contribution in [0.4, 0.5) is 28.7 Å². The lowest BCUT2D eigenvalue weighted by molar-refractivity contribution is -0.111. The molecule has 44 heavy (non-hydrogen) atoms. The van der Waals surface area contributed by atoms with Crippen LogP contribution in [0.25, 0.3) is 22.2 Å². The average Bonchev–Trinajstić information content (AvgIpc) is 3.46. The fourth-order valence-electron chi connectivity index (χ4n) is 5.18. The van der Waals surface area contributed by atoms with E-state index in [4.69, 9.17) is 11.6 Å². The van der Waals surface area contributed by atoms with Gasteiger partial charge in [-0.3, -0.25) is 9.59 Å². The Labute approximate surface area is 259 Å². The molecule has 3 heterocycles. The molecule has 0 aliphatic carbocycles. The van der Waals surface area contributed by atoms with Crippen molar-refractivity contribution in [1.82, 2.24) is 19.9 Å². The van der Waals surface area contributed by atoms with Crippen molar-refractivity contribution in [2.45, 2.75) is 0 Å². The first kappa shape index (κ1) is 28.9. The van der Waals surface area contributed by atoms with Crippen LogP contribution in [0.3, 0.4) is 0 Å². The molecule has 1 aliphatic heterocycles. The van der Waals surface area contributed by atoms with E-state index < -0.39 is 0 Å². The number of amides is 2. The molecule has 10 nitrogen and oxygen atoms in total. The van der Waals surface area contributed by atoms with Crippen LogP contribution in [-0.4, -0.2) is 64.9 Å². The summed E-state index contributed by atoms with van der Waals surface area (Å²) in [6.45, 7) is 7.02. The number of carbonyl (C=O) groups is 2. The van der Waals surface area contributed by atoms with Crippen LogP contribution in [0.15, 0.2) is 91.8 Å². The number of fused-ring (bicyclic) bond motifs is 1. The summed E-state index contributed by atoms with van der Waals surface area (Å²) in [5, 5.41) is 10.5. The zero-order chi connectivity index (χ0) is 30.6. The third kappa shape index (κ3) is 6.26. The molecule has 3 aromatic carbocycles. The average molecular weight is 607 g/mol. The monoisotopic (exact) mass is 606 g/mol. The van der Waals surface area contributed by atoms with Crippen LogP contribution < -0.4 is 20.9 Å². The number of piperazine rings is 1. The molecule has 0 saturated carbocycles. The minimum absolute atomic E-state index is 0.314. The van der Waals surface area contributed by atoms with E-state index in [9.17, 15) is 9.59 Å². The number of nitrogens with zero attached hydrogens (tertiary/aromatic N) is 4. The number of aromatic nitrogens is 3. The molecule has 1 saturated heterocycles. The molecule has 0 radical (unpaired) electrons. The van der Waals surface area contributed by atoms with Gasteiger partial charge in [-0.15, -0.1) is 0 Å². The van der Waals surface area contributed by atoms with Crippen LogP contribution in [0.2, 0.25) is 5.02 Å². The Morgan fingerprint density at radius 2 is 1.77 bits per heavy atom. The molecule has 222 valence electrons. The van der Waals surface area contributed by atoms with Gasteiger partial charge in [-0.2, -0.15) is 0 Å². The van der Waals surface area contributed by atoms with Gasteiger partial charge in [-0.05, 0) is 55.6 Å². The van der Waals surface area contributed by atoms with Crippen LogP contribution >= 0.6 is 11.6 Å².